The van der Waals surface area contributed by atoms with E-state index in [1.54, 1.807) is 6.07 Å². The summed E-state index contributed by atoms with van der Waals surface area (Å²) in [5.41, 5.74) is 5.93. The number of halogens is 1. The van der Waals surface area contributed by atoms with Crippen LogP contribution < -0.4 is 0 Å². The fraction of sp³-hybridized carbons (Fsp3) is 0.355. The van der Waals surface area contributed by atoms with Crippen molar-refractivity contribution < 1.29 is 35.3 Å². The standard InChI is InChI=1S/C31H35FN3O.Hg/c1-4-24-13-14-29(32)27(18-24)19-35-16-15-30(28(20-35)21-36)33-22-34(3)31(25-10-6-5-7-11-25)26-12-8-9-23(2)17-26;/h5-8,10-14,17-18,21,23,31H,4,9,15-16,19-20H2,1-3H3;. The summed E-state index contributed by atoms with van der Waals surface area (Å²) in [6, 6.07) is 16.0. The summed E-state index contributed by atoms with van der Waals surface area (Å²) in [5, 5.41) is 0. The van der Waals surface area contributed by atoms with Gasteiger partial charge < -0.3 is 0 Å². The van der Waals surface area contributed by atoms with Crippen LogP contribution in [0.2, 0.25) is 0 Å². The van der Waals surface area contributed by atoms with Crippen LogP contribution in [0.4, 0.5) is 4.39 Å². The number of amidine groups is 1. The summed E-state index contributed by atoms with van der Waals surface area (Å²) in [5.74, 6) is 0.325. The number of nitrogens with zero attached hydrogens (tertiary/aromatic N) is 3. The molecule has 0 N–H and O–H groups in total. The molecule has 189 valence electrons. The van der Waals surface area contributed by atoms with Crippen LogP contribution >= 0.6 is 0 Å². The molecule has 0 aromatic heterocycles. The number of aldehydes is 1. The van der Waals surface area contributed by atoms with E-state index in [0.717, 1.165) is 40.3 Å². The van der Waals surface area contributed by atoms with Crippen molar-refractivity contribution in [3.63, 3.8) is 0 Å². The van der Waals surface area contributed by atoms with Crippen LogP contribution in [0.5, 0.6) is 0 Å². The Morgan fingerprint density at radius 2 is 2.05 bits per heavy atom. The van der Waals surface area contributed by atoms with Gasteiger partial charge in [-0.1, -0.05) is 0 Å². The van der Waals surface area contributed by atoms with Crippen LogP contribution in [0.25, 0.3) is 0 Å². The van der Waals surface area contributed by atoms with E-state index in [-0.39, 0.29) is 38.0 Å². The third-order valence-electron chi connectivity index (χ3n) is 7.27. The molecule has 2 atom stereocenters. The van der Waals surface area contributed by atoms with E-state index in [2.05, 4.69) is 73.2 Å². The molecule has 4 nitrogen and oxygen atoms in total. The van der Waals surface area contributed by atoms with Gasteiger partial charge in [0.05, 0.1) is 0 Å². The van der Waals surface area contributed by atoms with Gasteiger partial charge in [0.1, 0.15) is 0 Å². The maximum absolute atomic E-state index is 14.4. The third-order valence-corrected chi connectivity index (χ3v) is 9.82. The molecule has 6 heteroatoms. The Bertz CT molecular complexity index is 1230. The van der Waals surface area contributed by atoms with Crippen molar-refractivity contribution in [1.29, 1.82) is 0 Å². The van der Waals surface area contributed by atoms with Crippen molar-refractivity contribution in [2.45, 2.75) is 45.7 Å². The minimum atomic E-state index is -0.184. The molecule has 0 spiro atoms. The number of aliphatic imine (C=N–C) groups is 1. The Morgan fingerprint density at radius 1 is 1.27 bits per heavy atom. The van der Waals surface area contributed by atoms with Crippen molar-refractivity contribution in [1.82, 2.24) is 9.80 Å². The van der Waals surface area contributed by atoms with Crippen molar-refractivity contribution in [2.75, 3.05) is 20.1 Å². The molecule has 2 aromatic rings. The molecule has 4 rings (SSSR count). The SMILES string of the molecule is CCc1ccc(F)c(CN2CCC(N=[C]([Hg])N(C)C(C3=CC(C)CC=C3)c3ccccc3)=C(C=O)C2)c1. The Morgan fingerprint density at radius 3 is 2.76 bits per heavy atom. The predicted octanol–water partition coefficient (Wildman–Crippen LogP) is 6.15. The van der Waals surface area contributed by atoms with Crippen molar-refractivity contribution in [2.24, 2.45) is 10.9 Å². The van der Waals surface area contributed by atoms with Gasteiger partial charge in [0.25, 0.3) is 0 Å². The van der Waals surface area contributed by atoms with Crippen LogP contribution in [-0.2, 0) is 43.9 Å². The summed E-state index contributed by atoms with van der Waals surface area (Å²) in [6.07, 6.45) is 10.5. The average Bonchev–Trinajstić information content (AvgIpc) is 2.91. The van der Waals surface area contributed by atoms with E-state index in [4.69, 9.17) is 4.99 Å². The number of carbonyl (C=O) groups is 1. The second kappa shape index (κ2) is 12.9. The first-order valence-electron chi connectivity index (χ1n) is 13.1. The molecule has 0 radical (unpaired) electrons. The molecular formula is C31H35FHgN3O. The van der Waals surface area contributed by atoms with Crippen LogP contribution in [0.15, 0.2) is 88.6 Å². The number of benzene rings is 2. The molecule has 2 unspecified atom stereocenters. The van der Waals surface area contributed by atoms with Crippen LogP contribution in [0.1, 0.15) is 49.4 Å². The molecule has 2 aliphatic rings. The second-order valence-corrected chi connectivity index (χ2v) is 12.5. The fourth-order valence-corrected chi connectivity index (χ4v) is 6.58. The summed E-state index contributed by atoms with van der Waals surface area (Å²) in [6.45, 7) is 6.08. The second-order valence-electron chi connectivity index (χ2n) is 10.1. The molecule has 1 heterocycles. The van der Waals surface area contributed by atoms with Gasteiger partial charge in [-0.05, 0) is 0 Å². The number of allylic oxidation sites excluding steroid dienone is 2. The summed E-state index contributed by atoms with van der Waals surface area (Å²) in [7, 11) is 2.12. The van der Waals surface area contributed by atoms with E-state index in [9.17, 15) is 9.18 Å². The van der Waals surface area contributed by atoms with Gasteiger partial charge in [-0.3, -0.25) is 0 Å². The molecular weight excluding hydrogens is 650 g/mol. The summed E-state index contributed by atoms with van der Waals surface area (Å²) < 4.78 is 15.5. The molecule has 0 saturated carbocycles. The van der Waals surface area contributed by atoms with E-state index in [0.29, 0.717) is 36.6 Å². The quantitative estimate of drug-likeness (QED) is 0.145. The van der Waals surface area contributed by atoms with E-state index in [1.807, 2.05) is 18.2 Å². The number of rotatable bonds is 8. The van der Waals surface area contributed by atoms with Gasteiger partial charge in [0.15, 0.2) is 0 Å². The normalized spacial score (nSPS) is 19.6. The molecule has 2 aromatic carbocycles. The average molecular weight is 685 g/mol. The molecule has 1 aliphatic heterocycles. The molecule has 0 amide bonds. The first kappa shape index (κ1) is 27.7. The number of hydrogen-bond donors (Lipinski definition) is 0. The zero-order valence-electron chi connectivity index (χ0n) is 22.2. The molecule has 1 aliphatic carbocycles. The van der Waals surface area contributed by atoms with Gasteiger partial charge >= 0.3 is 238 Å². The van der Waals surface area contributed by atoms with Gasteiger partial charge in [-0.2, -0.15) is 0 Å². The molecule has 0 saturated heterocycles. The molecule has 37 heavy (non-hydrogen) atoms. The van der Waals surface area contributed by atoms with E-state index < -0.39 is 0 Å². The Balaban J connectivity index is 1.56. The van der Waals surface area contributed by atoms with E-state index >= 15 is 0 Å². The van der Waals surface area contributed by atoms with Crippen LogP contribution in [0, 0.1) is 11.7 Å². The van der Waals surface area contributed by atoms with Crippen molar-refractivity contribution >= 4 is 9.63 Å². The van der Waals surface area contributed by atoms with Gasteiger partial charge in [-0.15, -0.1) is 0 Å². The fourth-order valence-electron chi connectivity index (χ4n) is 5.13. The summed E-state index contributed by atoms with van der Waals surface area (Å²) >= 11 is 0.244. The maximum atomic E-state index is 14.4. The monoisotopic (exact) mass is 686 g/mol. The topological polar surface area (TPSA) is 35.9 Å². The van der Waals surface area contributed by atoms with Crippen molar-refractivity contribution in [3.8, 4) is 0 Å². The van der Waals surface area contributed by atoms with Gasteiger partial charge in [0.2, 0.25) is 0 Å². The first-order chi connectivity index (χ1) is 17.9. The number of aryl methyl sites for hydroxylation is 1. The predicted molar refractivity (Wildman–Crippen MR) is 144 cm³/mol. The Labute approximate surface area is 236 Å². The number of likely N-dealkylation sites (N-methyl/N-ethyl adjacent to an activating group) is 1. The van der Waals surface area contributed by atoms with E-state index in [1.165, 1.54) is 11.1 Å². The van der Waals surface area contributed by atoms with Gasteiger partial charge in [0, 0.05) is 0 Å². The minimum absolute atomic E-state index is 0.0886. The first-order valence-corrected chi connectivity index (χ1v) is 15.9. The third kappa shape index (κ3) is 6.94. The van der Waals surface area contributed by atoms with Crippen molar-refractivity contribution in [3.05, 3.63) is 106 Å². The Hall–Kier alpha value is -2.37. The molecule has 0 fully saturated rings. The van der Waals surface area contributed by atoms with Crippen LogP contribution in [0.3, 0.4) is 0 Å². The zero-order valence-corrected chi connectivity index (χ0v) is 27.7. The number of carbonyl (C=O) groups excluding carboxylic acids is 1. The Kier molecular flexibility index (Phi) is 9.66. The molecule has 0 bridgehead atoms. The number of hydrogen-bond acceptors (Lipinski definition) is 3. The van der Waals surface area contributed by atoms with Crippen LogP contribution in [-0.4, -0.2) is 39.6 Å². The summed E-state index contributed by atoms with van der Waals surface area (Å²) in [4.78, 5) is 21.6. The zero-order chi connectivity index (χ0) is 26.4. The van der Waals surface area contributed by atoms with Gasteiger partial charge in [-0.25, -0.2) is 0 Å².